The third-order valence-corrected chi connectivity index (χ3v) is 4.51. The number of nitrogens with zero attached hydrogens (tertiary/aromatic N) is 3. The highest BCUT2D eigenvalue weighted by Crippen LogP contribution is 2.11. The molecular weight excluding hydrogens is 358 g/mol. The SMILES string of the molecule is CN(C)C(=O)CNC(=NCc1ccc(C(=O)N(C)C)cc1)NCC1CCOC1. The number of nitrogens with one attached hydrogen (secondary N) is 2. The fourth-order valence-corrected chi connectivity index (χ4v) is 2.66. The van der Waals surface area contributed by atoms with E-state index in [2.05, 4.69) is 15.6 Å². The average molecular weight is 390 g/mol. The van der Waals surface area contributed by atoms with E-state index >= 15 is 0 Å². The van der Waals surface area contributed by atoms with Gasteiger partial charge in [0, 0.05) is 52.8 Å². The van der Waals surface area contributed by atoms with Crippen molar-refractivity contribution in [3.8, 4) is 0 Å². The molecule has 0 radical (unpaired) electrons. The maximum atomic E-state index is 12.0. The zero-order valence-corrected chi connectivity index (χ0v) is 17.2. The Kier molecular flexibility index (Phi) is 8.25. The summed E-state index contributed by atoms with van der Waals surface area (Å²) in [6.45, 7) is 2.92. The lowest BCUT2D eigenvalue weighted by Gasteiger charge is -2.16. The first-order chi connectivity index (χ1) is 13.4. The molecule has 0 aliphatic carbocycles. The lowest BCUT2D eigenvalue weighted by molar-refractivity contribution is -0.127. The van der Waals surface area contributed by atoms with Gasteiger partial charge in [0.25, 0.3) is 5.91 Å². The summed E-state index contributed by atoms with van der Waals surface area (Å²) in [6.07, 6.45) is 1.03. The molecule has 1 unspecified atom stereocenters. The van der Waals surface area contributed by atoms with Crippen molar-refractivity contribution in [2.45, 2.75) is 13.0 Å². The third-order valence-electron chi connectivity index (χ3n) is 4.51. The van der Waals surface area contributed by atoms with Gasteiger partial charge in [-0.25, -0.2) is 4.99 Å². The number of rotatable bonds is 7. The molecule has 0 aromatic heterocycles. The minimum atomic E-state index is -0.0277. The highest BCUT2D eigenvalue weighted by atomic mass is 16.5. The van der Waals surface area contributed by atoms with Gasteiger partial charge in [0.1, 0.15) is 0 Å². The normalized spacial score (nSPS) is 16.6. The van der Waals surface area contributed by atoms with Gasteiger partial charge < -0.3 is 25.2 Å². The molecule has 154 valence electrons. The minimum Gasteiger partial charge on any atom is -0.381 e. The van der Waals surface area contributed by atoms with E-state index in [4.69, 9.17) is 4.74 Å². The van der Waals surface area contributed by atoms with Gasteiger partial charge in [0.15, 0.2) is 5.96 Å². The topological polar surface area (TPSA) is 86.3 Å². The number of guanidine groups is 1. The van der Waals surface area contributed by atoms with Crippen LogP contribution in [0.15, 0.2) is 29.3 Å². The molecule has 2 N–H and O–H groups in total. The summed E-state index contributed by atoms with van der Waals surface area (Å²) in [4.78, 5) is 31.5. The molecule has 1 saturated heterocycles. The van der Waals surface area contributed by atoms with Crippen LogP contribution in [0.25, 0.3) is 0 Å². The number of carbonyl (C=O) groups is 2. The Bertz CT molecular complexity index is 680. The van der Waals surface area contributed by atoms with Crippen LogP contribution in [0.1, 0.15) is 22.3 Å². The van der Waals surface area contributed by atoms with Crippen molar-refractivity contribution in [2.75, 3.05) is 54.5 Å². The predicted octanol–water partition coefficient (Wildman–Crippen LogP) is 0.548. The van der Waals surface area contributed by atoms with E-state index in [1.54, 1.807) is 45.2 Å². The van der Waals surface area contributed by atoms with Crippen molar-refractivity contribution < 1.29 is 14.3 Å². The second-order valence-electron chi connectivity index (χ2n) is 7.31. The van der Waals surface area contributed by atoms with Gasteiger partial charge in [0.05, 0.1) is 19.7 Å². The number of ether oxygens (including phenoxy) is 1. The predicted molar refractivity (Wildman–Crippen MR) is 109 cm³/mol. The number of hydrogen-bond donors (Lipinski definition) is 2. The Morgan fingerprint density at radius 2 is 1.82 bits per heavy atom. The summed E-state index contributed by atoms with van der Waals surface area (Å²) in [6, 6.07) is 7.40. The fourth-order valence-electron chi connectivity index (χ4n) is 2.66. The molecule has 2 amide bonds. The largest absolute Gasteiger partial charge is 0.381 e. The smallest absolute Gasteiger partial charge is 0.253 e. The molecule has 1 aromatic rings. The molecule has 8 heteroatoms. The van der Waals surface area contributed by atoms with Gasteiger partial charge in [0.2, 0.25) is 5.91 Å². The van der Waals surface area contributed by atoms with Gasteiger partial charge in [-0.05, 0) is 24.1 Å². The van der Waals surface area contributed by atoms with E-state index in [0.717, 1.165) is 31.7 Å². The Balaban J connectivity index is 1.98. The number of benzene rings is 1. The highest BCUT2D eigenvalue weighted by molar-refractivity contribution is 5.93. The van der Waals surface area contributed by atoms with E-state index in [-0.39, 0.29) is 18.4 Å². The van der Waals surface area contributed by atoms with E-state index < -0.39 is 0 Å². The van der Waals surface area contributed by atoms with Crippen LogP contribution in [0.2, 0.25) is 0 Å². The van der Waals surface area contributed by atoms with Crippen molar-refractivity contribution in [1.82, 2.24) is 20.4 Å². The first-order valence-electron chi connectivity index (χ1n) is 9.47. The Labute approximate surface area is 166 Å². The summed E-state index contributed by atoms with van der Waals surface area (Å²) in [5.74, 6) is 0.994. The number of likely N-dealkylation sites (N-methyl/N-ethyl adjacent to an activating group) is 1. The van der Waals surface area contributed by atoms with E-state index in [9.17, 15) is 9.59 Å². The molecule has 1 aliphatic heterocycles. The maximum absolute atomic E-state index is 12.0. The monoisotopic (exact) mass is 389 g/mol. The average Bonchev–Trinajstić information content (AvgIpc) is 3.20. The standard InChI is InChI=1S/C20H31N5O3/c1-24(2)18(26)13-23-20(22-12-16-9-10-28-14-16)21-11-15-5-7-17(8-6-15)19(27)25(3)4/h5-8,16H,9-14H2,1-4H3,(H2,21,22,23). The molecule has 1 fully saturated rings. The van der Waals surface area contributed by atoms with Crippen molar-refractivity contribution in [2.24, 2.45) is 10.9 Å². The molecule has 8 nitrogen and oxygen atoms in total. The zero-order chi connectivity index (χ0) is 20.5. The Morgan fingerprint density at radius 1 is 1.11 bits per heavy atom. The molecule has 1 aromatic carbocycles. The lowest BCUT2D eigenvalue weighted by Crippen LogP contribution is -2.44. The molecule has 0 spiro atoms. The fraction of sp³-hybridized carbons (Fsp3) is 0.550. The van der Waals surface area contributed by atoms with Crippen LogP contribution in [0.3, 0.4) is 0 Å². The van der Waals surface area contributed by atoms with Crippen LogP contribution in [0.5, 0.6) is 0 Å². The van der Waals surface area contributed by atoms with E-state index in [0.29, 0.717) is 24.0 Å². The van der Waals surface area contributed by atoms with E-state index in [1.807, 2.05) is 12.1 Å². The number of amides is 2. The van der Waals surface area contributed by atoms with E-state index in [1.165, 1.54) is 4.90 Å². The molecule has 28 heavy (non-hydrogen) atoms. The van der Waals surface area contributed by atoms with Gasteiger partial charge in [-0.2, -0.15) is 0 Å². The van der Waals surface area contributed by atoms with Crippen molar-refractivity contribution in [1.29, 1.82) is 0 Å². The van der Waals surface area contributed by atoms with Crippen LogP contribution in [0, 0.1) is 5.92 Å². The van der Waals surface area contributed by atoms with Crippen LogP contribution in [-0.4, -0.2) is 82.1 Å². The molecule has 0 bridgehead atoms. The van der Waals surface area contributed by atoms with Gasteiger partial charge in [-0.1, -0.05) is 12.1 Å². The number of hydrogen-bond acceptors (Lipinski definition) is 4. The highest BCUT2D eigenvalue weighted by Gasteiger charge is 2.16. The summed E-state index contributed by atoms with van der Waals surface area (Å²) in [5, 5.41) is 6.38. The van der Waals surface area contributed by atoms with Crippen LogP contribution in [0.4, 0.5) is 0 Å². The summed E-state index contributed by atoms with van der Waals surface area (Å²) in [5.41, 5.74) is 1.63. The molecule has 1 heterocycles. The lowest BCUT2D eigenvalue weighted by atomic mass is 10.1. The molecule has 1 atom stereocenters. The summed E-state index contributed by atoms with van der Waals surface area (Å²) in [7, 11) is 6.91. The second-order valence-corrected chi connectivity index (χ2v) is 7.31. The van der Waals surface area contributed by atoms with Crippen molar-refractivity contribution >= 4 is 17.8 Å². The zero-order valence-electron chi connectivity index (χ0n) is 17.2. The molecule has 0 saturated carbocycles. The maximum Gasteiger partial charge on any atom is 0.253 e. The van der Waals surface area contributed by atoms with Crippen LogP contribution >= 0.6 is 0 Å². The van der Waals surface area contributed by atoms with Crippen LogP contribution in [-0.2, 0) is 16.1 Å². The molecule has 2 rings (SSSR count). The number of aliphatic imine (C=N–C) groups is 1. The quantitative estimate of drug-likeness (QED) is 0.525. The molecular formula is C20H31N5O3. The van der Waals surface area contributed by atoms with Gasteiger partial charge in [-0.15, -0.1) is 0 Å². The first-order valence-corrected chi connectivity index (χ1v) is 9.47. The van der Waals surface area contributed by atoms with Gasteiger partial charge in [-0.3, -0.25) is 9.59 Å². The summed E-state index contributed by atoms with van der Waals surface area (Å²) >= 11 is 0. The third kappa shape index (κ3) is 6.84. The molecule has 1 aliphatic rings. The number of carbonyl (C=O) groups excluding carboxylic acids is 2. The second kappa shape index (κ2) is 10.7. The summed E-state index contributed by atoms with van der Waals surface area (Å²) < 4.78 is 5.40. The van der Waals surface area contributed by atoms with Crippen molar-refractivity contribution in [3.05, 3.63) is 35.4 Å². The van der Waals surface area contributed by atoms with Crippen molar-refractivity contribution in [3.63, 3.8) is 0 Å². The van der Waals surface area contributed by atoms with Gasteiger partial charge >= 0.3 is 0 Å². The first kappa shape index (κ1) is 21.7. The van der Waals surface area contributed by atoms with Crippen LogP contribution < -0.4 is 10.6 Å². The minimum absolute atomic E-state index is 0.0229. The Morgan fingerprint density at radius 3 is 2.39 bits per heavy atom. The Hall–Kier alpha value is -2.61.